The number of hydrogen-bond donors (Lipinski definition) is 1. The number of aliphatic hydroxyl groups is 1. The fourth-order valence-electron chi connectivity index (χ4n) is 6.29. The number of fused-ring (bicyclic) bond motifs is 2. The second-order valence-electron chi connectivity index (χ2n) is 7.21. The molecule has 7 nitrogen and oxygen atoms in total. The van der Waals surface area contributed by atoms with E-state index in [1.54, 1.807) is 13.8 Å². The predicted molar refractivity (Wildman–Crippen MR) is 66.9 cm³/mol. The highest BCUT2D eigenvalue weighted by Crippen LogP contribution is 2.85. The van der Waals surface area contributed by atoms with Crippen molar-refractivity contribution in [2.24, 2.45) is 22.7 Å². The molecule has 2 saturated heterocycles. The Kier molecular flexibility index (Phi) is 1.62. The van der Waals surface area contributed by atoms with E-state index in [0.29, 0.717) is 5.76 Å². The van der Waals surface area contributed by atoms with Gasteiger partial charge in [0.25, 0.3) is 0 Å². The number of ether oxygens (including phenoxy) is 3. The van der Waals surface area contributed by atoms with Gasteiger partial charge in [-0.05, 0) is 0 Å². The van der Waals surface area contributed by atoms with E-state index in [1.165, 1.54) is 13.2 Å². The minimum atomic E-state index is -2.03. The second kappa shape index (κ2) is 2.82. The summed E-state index contributed by atoms with van der Waals surface area (Å²) in [7, 11) is 1.40. The topological polar surface area (TPSA) is 99.1 Å². The van der Waals surface area contributed by atoms with Gasteiger partial charge < -0.3 is 19.3 Å². The number of carbonyl (C=O) groups is 3. The quantitative estimate of drug-likeness (QED) is 0.641. The van der Waals surface area contributed by atoms with Crippen molar-refractivity contribution in [1.29, 1.82) is 0 Å². The Bertz CT molecular complexity index is 740. The molecule has 0 amide bonds. The second-order valence-corrected chi connectivity index (χ2v) is 7.21. The number of esters is 2. The third-order valence-corrected chi connectivity index (χ3v) is 7.01. The molecular weight excluding hydrogens is 292 g/mol. The summed E-state index contributed by atoms with van der Waals surface area (Å²) in [5.74, 6) is -2.85. The highest BCUT2D eigenvalue weighted by molar-refractivity contribution is 6.10. The van der Waals surface area contributed by atoms with Gasteiger partial charge in [-0.15, -0.1) is 0 Å². The summed E-state index contributed by atoms with van der Waals surface area (Å²) < 4.78 is 16.1. The van der Waals surface area contributed by atoms with Gasteiger partial charge >= 0.3 is 11.9 Å². The largest absolute Gasteiger partial charge is 0.501 e. The van der Waals surface area contributed by atoms with Crippen molar-refractivity contribution in [1.82, 2.24) is 0 Å². The summed E-state index contributed by atoms with van der Waals surface area (Å²) in [6, 6.07) is 0. The number of hydrogen-bond acceptors (Lipinski definition) is 7. The zero-order valence-electron chi connectivity index (χ0n) is 12.2. The van der Waals surface area contributed by atoms with Gasteiger partial charge in [0.2, 0.25) is 11.4 Å². The number of rotatable bonds is 1. The van der Waals surface area contributed by atoms with Crippen LogP contribution >= 0.6 is 0 Å². The molecular formula is C15H14O7. The lowest BCUT2D eigenvalue weighted by molar-refractivity contribution is -0.204. The van der Waals surface area contributed by atoms with Crippen LogP contribution in [0.5, 0.6) is 0 Å². The molecule has 0 unspecified atom stereocenters. The average molecular weight is 306 g/mol. The molecule has 3 aliphatic carbocycles. The van der Waals surface area contributed by atoms with Crippen molar-refractivity contribution in [3.05, 3.63) is 11.8 Å². The van der Waals surface area contributed by atoms with Gasteiger partial charge in [0.15, 0.2) is 11.7 Å². The first-order valence-electron chi connectivity index (χ1n) is 7.19. The fourth-order valence-corrected chi connectivity index (χ4v) is 6.29. The van der Waals surface area contributed by atoms with Crippen LogP contribution in [-0.4, -0.2) is 47.2 Å². The predicted octanol–water partition coefficient (Wildman–Crippen LogP) is -0.676. The summed E-state index contributed by atoms with van der Waals surface area (Å²) in [5, 5.41) is 11.2. The summed E-state index contributed by atoms with van der Waals surface area (Å²) in [4.78, 5) is 37.7. The Morgan fingerprint density at radius 3 is 2.55 bits per heavy atom. The molecule has 0 radical (unpaired) electrons. The smallest absolute Gasteiger partial charge is 0.343 e. The van der Waals surface area contributed by atoms with Crippen molar-refractivity contribution in [3.63, 3.8) is 0 Å². The normalized spacial score (nSPS) is 59.5. The number of allylic oxidation sites excluding steroid dienone is 1. The Morgan fingerprint density at radius 2 is 1.91 bits per heavy atom. The van der Waals surface area contributed by atoms with E-state index in [0.717, 1.165) is 0 Å². The maximum atomic E-state index is 12.9. The van der Waals surface area contributed by atoms with E-state index < -0.39 is 57.7 Å². The molecule has 5 aliphatic rings. The zero-order chi connectivity index (χ0) is 15.9. The van der Waals surface area contributed by atoms with Crippen molar-refractivity contribution in [2.75, 3.05) is 7.11 Å². The van der Waals surface area contributed by atoms with Crippen LogP contribution in [0.4, 0.5) is 0 Å². The standard InChI is InChI=1S/C15H14O7/c1-12-8-7-5(20-3)4-6(16)15(12)13(7,2)14(19,11(18)22-15)10(12)21-9(8)17/h4,7-8,10,19H,1-3H3/t7-,8+,10-,12+,13-,14+,15-/m1/s1. The van der Waals surface area contributed by atoms with Gasteiger partial charge in [0.05, 0.1) is 23.9 Å². The molecule has 7 atom stereocenters. The van der Waals surface area contributed by atoms with Crippen LogP contribution in [0.3, 0.4) is 0 Å². The molecule has 116 valence electrons. The van der Waals surface area contributed by atoms with E-state index >= 15 is 0 Å². The lowest BCUT2D eigenvalue weighted by atomic mass is 9.58. The first-order valence-corrected chi connectivity index (χ1v) is 7.19. The van der Waals surface area contributed by atoms with Crippen molar-refractivity contribution < 1.29 is 33.7 Å². The Balaban J connectivity index is 1.96. The minimum Gasteiger partial charge on any atom is -0.501 e. The van der Waals surface area contributed by atoms with Crippen LogP contribution in [0.1, 0.15) is 13.8 Å². The average Bonchev–Trinajstić information content (AvgIpc) is 2.89. The maximum Gasteiger partial charge on any atom is 0.343 e. The summed E-state index contributed by atoms with van der Waals surface area (Å²) in [6.07, 6.45) is 0.235. The highest BCUT2D eigenvalue weighted by Gasteiger charge is 3.03. The molecule has 1 N–H and O–H groups in total. The minimum absolute atomic E-state index is 0.297. The Hall–Kier alpha value is -1.89. The van der Waals surface area contributed by atoms with Crippen LogP contribution < -0.4 is 0 Å². The summed E-state index contributed by atoms with van der Waals surface area (Å²) >= 11 is 0. The maximum absolute atomic E-state index is 12.9. The van der Waals surface area contributed by atoms with E-state index in [2.05, 4.69) is 0 Å². The molecule has 0 aromatic rings. The lowest BCUT2D eigenvalue weighted by Gasteiger charge is -2.43. The van der Waals surface area contributed by atoms with Crippen molar-refractivity contribution >= 4 is 17.7 Å². The van der Waals surface area contributed by atoms with Crippen LogP contribution in [0.2, 0.25) is 0 Å². The number of ketones is 1. The van der Waals surface area contributed by atoms with Crippen LogP contribution in [-0.2, 0) is 28.6 Å². The van der Waals surface area contributed by atoms with E-state index in [1.807, 2.05) is 0 Å². The third-order valence-electron chi connectivity index (χ3n) is 7.01. The Morgan fingerprint density at radius 1 is 1.23 bits per heavy atom. The molecule has 0 aromatic heterocycles. The SMILES string of the molecule is COC1=CC(=O)[C@]23OC(=O)[C@@]4(O)[C@@H]5OC(=O)[C@H]([C@@H]1[C@@]24C)[C@@]53C. The molecule has 2 aliphatic heterocycles. The molecule has 22 heavy (non-hydrogen) atoms. The van der Waals surface area contributed by atoms with Gasteiger partial charge in [0.1, 0.15) is 5.76 Å². The molecule has 5 rings (SSSR count). The lowest BCUT2D eigenvalue weighted by Crippen LogP contribution is -2.62. The molecule has 7 heteroatoms. The molecule has 0 spiro atoms. The van der Waals surface area contributed by atoms with E-state index in [4.69, 9.17) is 14.2 Å². The van der Waals surface area contributed by atoms with Crippen LogP contribution in [0.15, 0.2) is 11.8 Å². The van der Waals surface area contributed by atoms with Crippen LogP contribution in [0, 0.1) is 22.7 Å². The van der Waals surface area contributed by atoms with Crippen molar-refractivity contribution in [3.8, 4) is 0 Å². The number of methoxy groups -OCH3 is 1. The Labute approximate surface area is 125 Å². The number of carbonyl (C=O) groups excluding carboxylic acids is 3. The zero-order valence-corrected chi connectivity index (χ0v) is 12.2. The third kappa shape index (κ3) is 0.683. The van der Waals surface area contributed by atoms with E-state index in [9.17, 15) is 19.5 Å². The highest BCUT2D eigenvalue weighted by atomic mass is 16.6. The monoisotopic (exact) mass is 306 g/mol. The van der Waals surface area contributed by atoms with E-state index in [-0.39, 0.29) is 0 Å². The fraction of sp³-hybridized carbons (Fsp3) is 0.667. The van der Waals surface area contributed by atoms with Gasteiger partial charge in [0, 0.05) is 12.0 Å². The molecule has 5 bridgehead atoms. The van der Waals surface area contributed by atoms with Gasteiger partial charge in [-0.1, -0.05) is 13.8 Å². The van der Waals surface area contributed by atoms with Gasteiger partial charge in [-0.2, -0.15) is 0 Å². The molecule has 4 fully saturated rings. The van der Waals surface area contributed by atoms with Crippen LogP contribution in [0.25, 0.3) is 0 Å². The van der Waals surface area contributed by atoms with Gasteiger partial charge in [-0.25, -0.2) is 4.79 Å². The molecule has 2 saturated carbocycles. The summed E-state index contributed by atoms with van der Waals surface area (Å²) in [6.45, 7) is 3.33. The van der Waals surface area contributed by atoms with Gasteiger partial charge in [-0.3, -0.25) is 9.59 Å². The first kappa shape index (κ1) is 12.6. The molecule has 0 aromatic carbocycles. The van der Waals surface area contributed by atoms with Crippen molar-refractivity contribution in [2.45, 2.75) is 31.2 Å². The molecule has 2 heterocycles. The summed E-state index contributed by atoms with van der Waals surface area (Å²) in [5.41, 5.74) is -5.95. The first-order chi connectivity index (χ1) is 10.2.